The van der Waals surface area contributed by atoms with Crippen molar-refractivity contribution < 1.29 is 4.74 Å². The van der Waals surface area contributed by atoms with Crippen molar-refractivity contribution in [2.24, 2.45) is 0 Å². The van der Waals surface area contributed by atoms with Crippen LogP contribution < -0.4 is 10.2 Å². The molecule has 1 fully saturated rings. The Kier molecular flexibility index (Phi) is 4.94. The van der Waals surface area contributed by atoms with E-state index in [0.717, 1.165) is 31.2 Å². The van der Waals surface area contributed by atoms with Crippen molar-refractivity contribution >= 4 is 5.82 Å². The van der Waals surface area contributed by atoms with Crippen molar-refractivity contribution in [3.05, 3.63) is 18.1 Å². The zero-order valence-corrected chi connectivity index (χ0v) is 13.0. The second-order valence-corrected chi connectivity index (χ2v) is 6.39. The van der Waals surface area contributed by atoms with Crippen LogP contribution in [0.4, 0.5) is 5.82 Å². The number of aromatic nitrogens is 2. The highest BCUT2D eigenvalue weighted by Crippen LogP contribution is 2.30. The maximum absolute atomic E-state index is 5.19. The van der Waals surface area contributed by atoms with Gasteiger partial charge in [-0.2, -0.15) is 0 Å². The molecule has 1 aliphatic rings. The summed E-state index contributed by atoms with van der Waals surface area (Å²) in [7, 11) is 1.74. The molecule has 0 amide bonds. The van der Waals surface area contributed by atoms with Gasteiger partial charge in [0.05, 0.1) is 18.5 Å². The normalized spacial score (nSPS) is 15.4. The van der Waals surface area contributed by atoms with Crippen molar-refractivity contribution in [3.63, 3.8) is 0 Å². The molecule has 0 aliphatic heterocycles. The minimum atomic E-state index is 0.0872. The predicted molar refractivity (Wildman–Crippen MR) is 80.9 cm³/mol. The minimum Gasteiger partial charge on any atom is -0.383 e. The van der Waals surface area contributed by atoms with Gasteiger partial charge in [-0.15, -0.1) is 0 Å². The first-order valence-electron chi connectivity index (χ1n) is 7.31. The highest BCUT2D eigenvalue weighted by Gasteiger charge is 2.30. The molecule has 1 aromatic rings. The van der Waals surface area contributed by atoms with E-state index in [2.05, 4.69) is 36.0 Å². The van der Waals surface area contributed by atoms with Crippen LogP contribution in [-0.2, 0) is 11.3 Å². The molecule has 0 saturated heterocycles. The number of anilines is 1. The standard InChI is InChI=1S/C15H26N4O/c1-15(2,3)17-10-12-9-16-11-14(18-12)19(7-8-20-4)13-5-6-13/h9,11,13,17H,5-8,10H2,1-4H3. The zero-order valence-electron chi connectivity index (χ0n) is 13.0. The average molecular weight is 278 g/mol. The maximum Gasteiger partial charge on any atom is 0.147 e. The van der Waals surface area contributed by atoms with E-state index in [1.165, 1.54) is 12.8 Å². The Labute approximate surface area is 121 Å². The van der Waals surface area contributed by atoms with E-state index in [-0.39, 0.29) is 5.54 Å². The molecule has 5 nitrogen and oxygen atoms in total. The summed E-state index contributed by atoms with van der Waals surface area (Å²) in [6.07, 6.45) is 6.18. The van der Waals surface area contributed by atoms with E-state index in [9.17, 15) is 0 Å². The molecule has 1 heterocycles. The van der Waals surface area contributed by atoms with E-state index >= 15 is 0 Å². The number of methoxy groups -OCH3 is 1. The molecule has 20 heavy (non-hydrogen) atoms. The van der Waals surface area contributed by atoms with Crippen LogP contribution in [0.25, 0.3) is 0 Å². The summed E-state index contributed by atoms with van der Waals surface area (Å²) >= 11 is 0. The molecular weight excluding hydrogens is 252 g/mol. The summed E-state index contributed by atoms with van der Waals surface area (Å²) in [5, 5.41) is 3.45. The molecule has 2 rings (SSSR count). The average Bonchev–Trinajstić information content (AvgIpc) is 3.21. The Balaban J connectivity index is 2.03. The second-order valence-electron chi connectivity index (χ2n) is 6.39. The van der Waals surface area contributed by atoms with E-state index in [0.29, 0.717) is 6.04 Å². The van der Waals surface area contributed by atoms with Gasteiger partial charge < -0.3 is 15.0 Å². The first-order valence-corrected chi connectivity index (χ1v) is 7.31. The SMILES string of the molecule is COCCN(c1cncc(CNC(C)(C)C)n1)C1CC1. The Bertz CT molecular complexity index is 426. The lowest BCUT2D eigenvalue weighted by atomic mass is 10.1. The molecule has 1 aromatic heterocycles. The van der Waals surface area contributed by atoms with Crippen molar-refractivity contribution in [1.29, 1.82) is 0 Å². The van der Waals surface area contributed by atoms with Gasteiger partial charge in [0.15, 0.2) is 0 Å². The van der Waals surface area contributed by atoms with Crippen LogP contribution in [0, 0.1) is 0 Å². The predicted octanol–water partition coefficient (Wildman–Crippen LogP) is 1.98. The Morgan fingerprint density at radius 1 is 1.35 bits per heavy atom. The fraction of sp³-hybridized carbons (Fsp3) is 0.733. The highest BCUT2D eigenvalue weighted by molar-refractivity contribution is 5.39. The molecule has 1 aliphatic carbocycles. The zero-order chi connectivity index (χ0) is 14.6. The van der Waals surface area contributed by atoms with Gasteiger partial charge in [-0.1, -0.05) is 0 Å². The third-order valence-corrected chi connectivity index (χ3v) is 3.29. The van der Waals surface area contributed by atoms with Crippen molar-refractivity contribution in [2.45, 2.75) is 51.7 Å². The quantitative estimate of drug-likeness (QED) is 0.826. The van der Waals surface area contributed by atoms with Gasteiger partial charge >= 0.3 is 0 Å². The fourth-order valence-corrected chi connectivity index (χ4v) is 2.03. The van der Waals surface area contributed by atoms with Gasteiger partial charge in [-0.25, -0.2) is 4.98 Å². The third-order valence-electron chi connectivity index (χ3n) is 3.29. The highest BCUT2D eigenvalue weighted by atomic mass is 16.5. The Hall–Kier alpha value is -1.20. The number of hydrogen-bond acceptors (Lipinski definition) is 5. The van der Waals surface area contributed by atoms with Crippen LogP contribution in [0.2, 0.25) is 0 Å². The van der Waals surface area contributed by atoms with Gasteiger partial charge in [-0.05, 0) is 33.6 Å². The lowest BCUT2D eigenvalue weighted by Gasteiger charge is -2.24. The minimum absolute atomic E-state index is 0.0872. The van der Waals surface area contributed by atoms with Crippen LogP contribution in [0.5, 0.6) is 0 Å². The monoisotopic (exact) mass is 278 g/mol. The van der Waals surface area contributed by atoms with E-state index < -0.39 is 0 Å². The number of rotatable bonds is 7. The molecule has 0 unspecified atom stereocenters. The van der Waals surface area contributed by atoms with Crippen molar-refractivity contribution in [2.75, 3.05) is 25.2 Å². The van der Waals surface area contributed by atoms with E-state index in [4.69, 9.17) is 9.72 Å². The largest absolute Gasteiger partial charge is 0.383 e. The van der Waals surface area contributed by atoms with Crippen molar-refractivity contribution in [3.8, 4) is 0 Å². The van der Waals surface area contributed by atoms with Gasteiger partial charge in [0.2, 0.25) is 0 Å². The summed E-state index contributed by atoms with van der Waals surface area (Å²) < 4.78 is 5.19. The van der Waals surface area contributed by atoms with Crippen LogP contribution in [0.1, 0.15) is 39.3 Å². The lowest BCUT2D eigenvalue weighted by molar-refractivity contribution is 0.204. The molecule has 5 heteroatoms. The number of nitrogens with one attached hydrogen (secondary N) is 1. The van der Waals surface area contributed by atoms with Gasteiger partial charge in [0.1, 0.15) is 5.82 Å². The summed E-state index contributed by atoms with van der Waals surface area (Å²) in [5.41, 5.74) is 1.07. The summed E-state index contributed by atoms with van der Waals surface area (Å²) in [4.78, 5) is 11.4. The molecule has 112 valence electrons. The van der Waals surface area contributed by atoms with Gasteiger partial charge in [0.25, 0.3) is 0 Å². The van der Waals surface area contributed by atoms with Crippen molar-refractivity contribution in [1.82, 2.24) is 15.3 Å². The van der Waals surface area contributed by atoms with Crippen LogP contribution >= 0.6 is 0 Å². The molecule has 0 radical (unpaired) electrons. The van der Waals surface area contributed by atoms with E-state index in [1.54, 1.807) is 7.11 Å². The first-order chi connectivity index (χ1) is 9.49. The summed E-state index contributed by atoms with van der Waals surface area (Å²) in [6.45, 7) is 8.81. The first kappa shape index (κ1) is 15.2. The lowest BCUT2D eigenvalue weighted by Crippen LogP contribution is -2.35. The molecule has 1 N–H and O–H groups in total. The molecule has 0 atom stereocenters. The Morgan fingerprint density at radius 3 is 2.70 bits per heavy atom. The number of nitrogens with zero attached hydrogens (tertiary/aromatic N) is 3. The molecule has 0 spiro atoms. The number of ether oxygens (including phenoxy) is 1. The van der Waals surface area contributed by atoms with Crippen LogP contribution in [0.15, 0.2) is 12.4 Å². The molecule has 0 bridgehead atoms. The molecular formula is C15H26N4O. The summed E-state index contributed by atoms with van der Waals surface area (Å²) in [6, 6.07) is 0.616. The smallest absolute Gasteiger partial charge is 0.147 e. The maximum atomic E-state index is 5.19. The van der Waals surface area contributed by atoms with Crippen LogP contribution in [-0.4, -0.2) is 41.8 Å². The van der Waals surface area contributed by atoms with Gasteiger partial charge in [0, 0.05) is 38.0 Å². The van der Waals surface area contributed by atoms with Crippen LogP contribution in [0.3, 0.4) is 0 Å². The summed E-state index contributed by atoms with van der Waals surface area (Å²) in [5.74, 6) is 0.970. The van der Waals surface area contributed by atoms with Gasteiger partial charge in [-0.3, -0.25) is 4.98 Å². The second kappa shape index (κ2) is 6.50. The Morgan fingerprint density at radius 2 is 2.10 bits per heavy atom. The number of hydrogen-bond donors (Lipinski definition) is 1. The molecule has 1 saturated carbocycles. The third kappa shape index (κ3) is 4.72. The topological polar surface area (TPSA) is 50.3 Å². The van der Waals surface area contributed by atoms with E-state index in [1.807, 2.05) is 12.4 Å². The fourth-order valence-electron chi connectivity index (χ4n) is 2.03. The molecule has 0 aromatic carbocycles.